The topological polar surface area (TPSA) is 83.2 Å². The Bertz CT molecular complexity index is 1280. The summed E-state index contributed by atoms with van der Waals surface area (Å²) in [6, 6.07) is 22.3. The standard InChI is InChI=1S/C26H25N3O3S/c1-3-24(26(31)29-20-11-10-17-12-13-27-23(17)16-20)33-22-9-5-7-19(15-22)28-25(30)18-6-4-8-21(14-18)32-2/h4-16,24,27H,3H2,1-2H3,(H,28,30)(H,29,31). The second kappa shape index (κ2) is 10.3. The molecule has 0 spiro atoms. The molecule has 4 rings (SSSR count). The zero-order chi connectivity index (χ0) is 23.2. The Kier molecular flexibility index (Phi) is 7.00. The summed E-state index contributed by atoms with van der Waals surface area (Å²) in [6.07, 6.45) is 2.54. The maximum absolute atomic E-state index is 12.9. The molecule has 0 aliphatic rings. The molecule has 0 saturated carbocycles. The lowest BCUT2D eigenvalue weighted by molar-refractivity contribution is -0.115. The average molecular weight is 460 g/mol. The molecule has 4 aromatic rings. The van der Waals surface area contributed by atoms with E-state index in [0.29, 0.717) is 23.4 Å². The highest BCUT2D eigenvalue weighted by atomic mass is 32.2. The summed E-state index contributed by atoms with van der Waals surface area (Å²) in [7, 11) is 1.57. The Morgan fingerprint density at radius 1 is 0.970 bits per heavy atom. The maximum atomic E-state index is 12.9. The first-order valence-corrected chi connectivity index (χ1v) is 11.5. The van der Waals surface area contributed by atoms with Crippen LogP contribution in [-0.4, -0.2) is 29.2 Å². The van der Waals surface area contributed by atoms with E-state index in [1.165, 1.54) is 11.8 Å². The Morgan fingerprint density at radius 2 is 1.79 bits per heavy atom. The van der Waals surface area contributed by atoms with Crippen molar-refractivity contribution in [2.75, 3.05) is 17.7 Å². The number of hydrogen-bond donors (Lipinski definition) is 3. The third kappa shape index (κ3) is 5.56. The van der Waals surface area contributed by atoms with Gasteiger partial charge in [-0.25, -0.2) is 0 Å². The van der Waals surface area contributed by atoms with Crippen molar-refractivity contribution in [2.45, 2.75) is 23.5 Å². The minimum Gasteiger partial charge on any atom is -0.497 e. The summed E-state index contributed by atoms with van der Waals surface area (Å²) in [5, 5.41) is 6.76. The molecule has 0 fully saturated rings. The highest BCUT2D eigenvalue weighted by molar-refractivity contribution is 8.00. The van der Waals surface area contributed by atoms with Gasteiger partial charge < -0.3 is 20.4 Å². The molecule has 1 atom stereocenters. The number of methoxy groups -OCH3 is 1. The van der Waals surface area contributed by atoms with Gasteiger partial charge in [0.2, 0.25) is 5.91 Å². The minimum absolute atomic E-state index is 0.0563. The zero-order valence-corrected chi connectivity index (χ0v) is 19.2. The molecule has 7 heteroatoms. The van der Waals surface area contributed by atoms with Gasteiger partial charge in [-0.05, 0) is 66.4 Å². The van der Waals surface area contributed by atoms with E-state index >= 15 is 0 Å². The lowest BCUT2D eigenvalue weighted by Gasteiger charge is -2.15. The fraction of sp³-hybridized carbons (Fsp3) is 0.154. The number of nitrogens with one attached hydrogen (secondary N) is 3. The molecule has 2 amide bonds. The van der Waals surface area contributed by atoms with Gasteiger partial charge in [-0.3, -0.25) is 9.59 Å². The number of amides is 2. The van der Waals surface area contributed by atoms with E-state index in [9.17, 15) is 9.59 Å². The fourth-order valence-corrected chi connectivity index (χ4v) is 4.46. The molecular weight excluding hydrogens is 434 g/mol. The number of hydrogen-bond acceptors (Lipinski definition) is 4. The smallest absolute Gasteiger partial charge is 0.255 e. The number of aromatic amines is 1. The van der Waals surface area contributed by atoms with Crippen molar-refractivity contribution >= 4 is 45.9 Å². The Hall–Kier alpha value is -3.71. The van der Waals surface area contributed by atoms with E-state index < -0.39 is 0 Å². The summed E-state index contributed by atoms with van der Waals surface area (Å²) in [5.74, 6) is 0.346. The number of benzene rings is 3. The number of fused-ring (bicyclic) bond motifs is 1. The molecule has 0 aliphatic carbocycles. The number of carbonyl (C=O) groups excluding carboxylic acids is 2. The number of aromatic nitrogens is 1. The van der Waals surface area contributed by atoms with Gasteiger partial charge in [0.15, 0.2) is 0 Å². The summed E-state index contributed by atoms with van der Waals surface area (Å²) >= 11 is 1.47. The van der Waals surface area contributed by atoms with Crippen LogP contribution in [0.1, 0.15) is 23.7 Å². The van der Waals surface area contributed by atoms with Crippen molar-refractivity contribution in [3.05, 3.63) is 84.6 Å². The zero-order valence-electron chi connectivity index (χ0n) is 18.4. The molecule has 0 bridgehead atoms. The minimum atomic E-state index is -0.270. The van der Waals surface area contributed by atoms with Crippen molar-refractivity contribution in [3.8, 4) is 5.75 Å². The second-order valence-electron chi connectivity index (χ2n) is 7.50. The third-order valence-electron chi connectivity index (χ3n) is 5.19. The molecule has 3 aromatic carbocycles. The first-order valence-electron chi connectivity index (χ1n) is 10.7. The van der Waals surface area contributed by atoms with Gasteiger partial charge >= 0.3 is 0 Å². The van der Waals surface area contributed by atoms with Crippen LogP contribution in [0.2, 0.25) is 0 Å². The number of anilines is 2. The molecule has 3 N–H and O–H groups in total. The van der Waals surface area contributed by atoms with E-state index in [0.717, 1.165) is 21.5 Å². The summed E-state index contributed by atoms with van der Waals surface area (Å²) in [4.78, 5) is 29.6. The van der Waals surface area contributed by atoms with Crippen LogP contribution in [0.4, 0.5) is 11.4 Å². The molecule has 168 valence electrons. The normalized spacial score (nSPS) is 11.7. The van der Waals surface area contributed by atoms with Gasteiger partial charge in [-0.15, -0.1) is 11.8 Å². The quantitative estimate of drug-likeness (QED) is 0.285. The maximum Gasteiger partial charge on any atom is 0.255 e. The van der Waals surface area contributed by atoms with E-state index in [4.69, 9.17) is 4.74 Å². The number of carbonyl (C=O) groups is 2. The summed E-state index contributed by atoms with van der Waals surface area (Å²) in [5.41, 5.74) is 2.92. The van der Waals surface area contributed by atoms with Crippen molar-refractivity contribution in [2.24, 2.45) is 0 Å². The van der Waals surface area contributed by atoms with Crippen LogP contribution < -0.4 is 15.4 Å². The van der Waals surface area contributed by atoms with Gasteiger partial charge in [0.25, 0.3) is 5.91 Å². The van der Waals surface area contributed by atoms with Crippen LogP contribution in [0.15, 0.2) is 83.9 Å². The second-order valence-corrected chi connectivity index (χ2v) is 8.77. The first kappa shape index (κ1) is 22.5. The number of rotatable bonds is 8. The van der Waals surface area contributed by atoms with Gasteiger partial charge in [-0.2, -0.15) is 0 Å². The van der Waals surface area contributed by atoms with Crippen molar-refractivity contribution in [1.82, 2.24) is 4.98 Å². The Balaban J connectivity index is 1.42. The first-order chi connectivity index (χ1) is 16.1. The van der Waals surface area contributed by atoms with Crippen LogP contribution in [0.5, 0.6) is 5.75 Å². The lowest BCUT2D eigenvalue weighted by Crippen LogP contribution is -2.24. The van der Waals surface area contributed by atoms with Crippen molar-refractivity contribution < 1.29 is 14.3 Å². The molecule has 1 unspecified atom stereocenters. The van der Waals surface area contributed by atoms with Crippen LogP contribution in [-0.2, 0) is 4.79 Å². The van der Waals surface area contributed by atoms with Crippen molar-refractivity contribution in [3.63, 3.8) is 0 Å². The average Bonchev–Trinajstić information content (AvgIpc) is 3.30. The molecule has 1 aromatic heterocycles. The fourth-order valence-electron chi connectivity index (χ4n) is 3.45. The third-order valence-corrected chi connectivity index (χ3v) is 6.55. The van der Waals surface area contributed by atoms with Crippen LogP contribution >= 0.6 is 11.8 Å². The highest BCUT2D eigenvalue weighted by Crippen LogP contribution is 2.29. The van der Waals surface area contributed by atoms with Gasteiger partial charge in [-0.1, -0.05) is 25.1 Å². The molecule has 0 saturated heterocycles. The number of H-pyrrole nitrogens is 1. The largest absolute Gasteiger partial charge is 0.497 e. The van der Waals surface area contributed by atoms with E-state index in [-0.39, 0.29) is 17.1 Å². The number of thioether (sulfide) groups is 1. The SMILES string of the molecule is CCC(Sc1cccc(NC(=O)c2cccc(OC)c2)c1)C(=O)Nc1ccc2cc[nH]c2c1. The van der Waals surface area contributed by atoms with Crippen molar-refractivity contribution in [1.29, 1.82) is 0 Å². The van der Waals surface area contributed by atoms with Gasteiger partial charge in [0.05, 0.1) is 12.4 Å². The highest BCUT2D eigenvalue weighted by Gasteiger charge is 2.19. The monoisotopic (exact) mass is 459 g/mol. The van der Waals surface area contributed by atoms with Gasteiger partial charge in [0.1, 0.15) is 5.75 Å². The van der Waals surface area contributed by atoms with E-state index in [1.807, 2.05) is 61.7 Å². The van der Waals surface area contributed by atoms with Crippen LogP contribution in [0, 0.1) is 0 Å². The molecule has 0 radical (unpaired) electrons. The van der Waals surface area contributed by atoms with Gasteiger partial charge in [0, 0.05) is 33.5 Å². The van der Waals surface area contributed by atoms with Crippen LogP contribution in [0.25, 0.3) is 10.9 Å². The Morgan fingerprint density at radius 3 is 2.61 bits per heavy atom. The van der Waals surface area contributed by atoms with Crippen LogP contribution in [0.3, 0.4) is 0 Å². The molecule has 1 heterocycles. The molecule has 33 heavy (non-hydrogen) atoms. The molecule has 0 aliphatic heterocycles. The molecule has 6 nitrogen and oxygen atoms in total. The Labute approximate surface area is 196 Å². The summed E-state index contributed by atoms with van der Waals surface area (Å²) < 4.78 is 5.19. The predicted molar refractivity (Wildman–Crippen MR) is 134 cm³/mol. The lowest BCUT2D eigenvalue weighted by atomic mass is 10.2. The van der Waals surface area contributed by atoms with E-state index in [2.05, 4.69) is 15.6 Å². The summed E-state index contributed by atoms with van der Waals surface area (Å²) in [6.45, 7) is 1.99. The predicted octanol–water partition coefficient (Wildman–Crippen LogP) is 5.94. The van der Waals surface area contributed by atoms with E-state index in [1.54, 1.807) is 31.4 Å². The number of ether oxygens (including phenoxy) is 1. The molecular formula is C26H25N3O3S.